The lowest BCUT2D eigenvalue weighted by Crippen LogP contribution is -2.46. The fraction of sp³-hybridized carbons (Fsp3) is 0.500. The van der Waals surface area contributed by atoms with Crippen LogP contribution in [0, 0.1) is 19.3 Å². The second-order valence-electron chi connectivity index (χ2n) is 4.42. The Morgan fingerprint density at radius 3 is 2.71 bits per heavy atom. The predicted octanol–water partition coefficient (Wildman–Crippen LogP) is 1.54. The topological polar surface area (TPSA) is 19.4 Å². The van der Waals surface area contributed by atoms with E-state index in [0.717, 1.165) is 50.7 Å². The third kappa shape index (κ3) is 3.21. The maximum Gasteiger partial charge on any atom is 0.128 e. The van der Waals surface area contributed by atoms with Crippen molar-refractivity contribution in [3.05, 3.63) is 23.9 Å². The van der Waals surface area contributed by atoms with E-state index in [1.165, 1.54) is 0 Å². The van der Waals surface area contributed by atoms with Crippen LogP contribution in [0.3, 0.4) is 0 Å². The van der Waals surface area contributed by atoms with Crippen molar-refractivity contribution in [1.82, 2.24) is 9.88 Å². The summed E-state index contributed by atoms with van der Waals surface area (Å²) in [5.74, 6) is 3.80. The molecule has 0 amide bonds. The van der Waals surface area contributed by atoms with Gasteiger partial charge in [-0.1, -0.05) is 6.07 Å². The van der Waals surface area contributed by atoms with Crippen LogP contribution in [0.4, 0.5) is 5.82 Å². The molecule has 90 valence electrons. The average Bonchev–Trinajstić information content (AvgIpc) is 2.37. The summed E-state index contributed by atoms with van der Waals surface area (Å²) in [4.78, 5) is 9.33. The molecule has 0 spiro atoms. The van der Waals surface area contributed by atoms with E-state index in [1.54, 1.807) is 0 Å². The summed E-state index contributed by atoms with van der Waals surface area (Å²) in [5.41, 5.74) is 1.08. The highest BCUT2D eigenvalue weighted by Gasteiger charge is 2.17. The van der Waals surface area contributed by atoms with E-state index < -0.39 is 0 Å². The molecule has 3 heteroatoms. The largest absolute Gasteiger partial charge is 0.354 e. The van der Waals surface area contributed by atoms with Crippen LogP contribution in [0.25, 0.3) is 0 Å². The van der Waals surface area contributed by atoms with E-state index in [1.807, 2.05) is 13.0 Å². The van der Waals surface area contributed by atoms with Gasteiger partial charge in [-0.3, -0.25) is 4.90 Å². The summed E-state index contributed by atoms with van der Waals surface area (Å²) in [5, 5.41) is 0. The Bertz CT molecular complexity index is 400. The number of hydrogen-bond donors (Lipinski definition) is 0. The third-order valence-corrected chi connectivity index (χ3v) is 3.14. The first-order valence-corrected chi connectivity index (χ1v) is 6.14. The number of aryl methyl sites for hydroxylation is 1. The Hall–Kier alpha value is -1.53. The van der Waals surface area contributed by atoms with E-state index in [-0.39, 0.29) is 0 Å². The van der Waals surface area contributed by atoms with Crippen LogP contribution in [-0.4, -0.2) is 42.6 Å². The number of terminal acetylenes is 1. The van der Waals surface area contributed by atoms with Crippen molar-refractivity contribution in [2.75, 3.05) is 37.6 Å². The first kappa shape index (κ1) is 11.9. The van der Waals surface area contributed by atoms with Crippen LogP contribution in [0.15, 0.2) is 18.2 Å². The van der Waals surface area contributed by atoms with Crippen LogP contribution in [0.1, 0.15) is 12.1 Å². The SMILES string of the molecule is C#CCCN1CCN(c2cccc(C)n2)CC1. The molecule has 1 fully saturated rings. The fourth-order valence-corrected chi connectivity index (χ4v) is 2.13. The number of anilines is 1. The molecule has 0 saturated carbocycles. The van der Waals surface area contributed by atoms with Crippen LogP contribution in [0.5, 0.6) is 0 Å². The zero-order chi connectivity index (χ0) is 12.1. The van der Waals surface area contributed by atoms with Gasteiger partial charge in [0.1, 0.15) is 5.82 Å². The van der Waals surface area contributed by atoms with Crippen LogP contribution >= 0.6 is 0 Å². The summed E-state index contributed by atoms with van der Waals surface area (Å²) in [6, 6.07) is 6.19. The predicted molar refractivity (Wildman–Crippen MR) is 71.1 cm³/mol. The minimum atomic E-state index is 0.850. The minimum Gasteiger partial charge on any atom is -0.354 e. The Morgan fingerprint density at radius 1 is 1.29 bits per heavy atom. The summed E-state index contributed by atoms with van der Waals surface area (Å²) >= 11 is 0. The van der Waals surface area contributed by atoms with Gasteiger partial charge in [-0.05, 0) is 19.1 Å². The number of aromatic nitrogens is 1. The van der Waals surface area contributed by atoms with Crippen molar-refractivity contribution in [3.63, 3.8) is 0 Å². The lowest BCUT2D eigenvalue weighted by atomic mass is 10.2. The monoisotopic (exact) mass is 229 g/mol. The van der Waals surface area contributed by atoms with Crippen LogP contribution in [-0.2, 0) is 0 Å². The van der Waals surface area contributed by atoms with Gasteiger partial charge in [-0.25, -0.2) is 4.98 Å². The molecule has 0 aliphatic carbocycles. The number of pyridine rings is 1. The zero-order valence-corrected chi connectivity index (χ0v) is 10.4. The van der Waals surface area contributed by atoms with Gasteiger partial charge in [0.2, 0.25) is 0 Å². The van der Waals surface area contributed by atoms with E-state index in [0.29, 0.717) is 0 Å². The maximum atomic E-state index is 5.28. The Labute approximate surface area is 103 Å². The smallest absolute Gasteiger partial charge is 0.128 e. The first-order chi connectivity index (χ1) is 8.29. The van der Waals surface area contributed by atoms with Gasteiger partial charge < -0.3 is 4.90 Å². The van der Waals surface area contributed by atoms with Crippen LogP contribution in [0.2, 0.25) is 0 Å². The zero-order valence-electron chi connectivity index (χ0n) is 10.4. The van der Waals surface area contributed by atoms with E-state index in [9.17, 15) is 0 Å². The molecule has 0 bridgehead atoms. The molecule has 1 saturated heterocycles. The highest BCUT2D eigenvalue weighted by atomic mass is 15.3. The molecular formula is C14H19N3. The molecule has 0 aromatic carbocycles. The number of piperazine rings is 1. The lowest BCUT2D eigenvalue weighted by molar-refractivity contribution is 0.263. The summed E-state index contributed by atoms with van der Waals surface area (Å²) in [6.45, 7) is 7.30. The molecule has 2 rings (SSSR count). The first-order valence-electron chi connectivity index (χ1n) is 6.14. The van der Waals surface area contributed by atoms with E-state index in [2.05, 4.69) is 32.8 Å². The Balaban J connectivity index is 1.89. The van der Waals surface area contributed by atoms with Gasteiger partial charge in [-0.2, -0.15) is 0 Å². The van der Waals surface area contributed by atoms with Crippen LogP contribution < -0.4 is 4.90 Å². The molecule has 0 N–H and O–H groups in total. The molecule has 1 aliphatic rings. The quantitative estimate of drug-likeness (QED) is 0.733. The molecule has 3 nitrogen and oxygen atoms in total. The van der Waals surface area contributed by atoms with Crippen molar-refractivity contribution >= 4 is 5.82 Å². The number of nitrogens with zero attached hydrogens (tertiary/aromatic N) is 3. The molecule has 2 heterocycles. The summed E-state index contributed by atoms with van der Waals surface area (Å²) < 4.78 is 0. The third-order valence-electron chi connectivity index (χ3n) is 3.14. The van der Waals surface area contributed by atoms with Gasteiger partial charge in [0.15, 0.2) is 0 Å². The second-order valence-corrected chi connectivity index (χ2v) is 4.42. The summed E-state index contributed by atoms with van der Waals surface area (Å²) in [7, 11) is 0. The van der Waals surface area contributed by atoms with Crippen molar-refractivity contribution < 1.29 is 0 Å². The van der Waals surface area contributed by atoms with Gasteiger partial charge in [0.25, 0.3) is 0 Å². The standard InChI is InChI=1S/C14H19N3/c1-3-4-8-16-9-11-17(12-10-16)14-7-5-6-13(2)15-14/h1,5-7H,4,8-12H2,2H3. The van der Waals surface area contributed by atoms with Crippen molar-refractivity contribution in [2.45, 2.75) is 13.3 Å². The van der Waals surface area contributed by atoms with Gasteiger partial charge >= 0.3 is 0 Å². The van der Waals surface area contributed by atoms with Crippen molar-refractivity contribution in [3.8, 4) is 12.3 Å². The van der Waals surface area contributed by atoms with E-state index >= 15 is 0 Å². The maximum absolute atomic E-state index is 5.28. The Kier molecular flexibility index (Phi) is 4.00. The average molecular weight is 229 g/mol. The fourth-order valence-electron chi connectivity index (χ4n) is 2.13. The molecule has 0 unspecified atom stereocenters. The lowest BCUT2D eigenvalue weighted by Gasteiger charge is -2.35. The molecule has 1 aliphatic heterocycles. The van der Waals surface area contributed by atoms with E-state index in [4.69, 9.17) is 6.42 Å². The number of rotatable bonds is 3. The molecule has 0 radical (unpaired) electrons. The second kappa shape index (κ2) is 5.70. The normalized spacial score (nSPS) is 16.8. The van der Waals surface area contributed by atoms with Gasteiger partial charge in [-0.15, -0.1) is 12.3 Å². The highest BCUT2D eigenvalue weighted by Crippen LogP contribution is 2.13. The minimum absolute atomic E-state index is 0.850. The molecule has 1 aromatic rings. The summed E-state index contributed by atoms with van der Waals surface area (Å²) in [6.07, 6.45) is 6.13. The molecule has 0 atom stereocenters. The molecule has 17 heavy (non-hydrogen) atoms. The van der Waals surface area contributed by atoms with Gasteiger partial charge in [0.05, 0.1) is 0 Å². The highest BCUT2D eigenvalue weighted by molar-refractivity contribution is 5.39. The van der Waals surface area contributed by atoms with Gasteiger partial charge in [0, 0.05) is 44.8 Å². The Morgan fingerprint density at radius 2 is 2.06 bits per heavy atom. The van der Waals surface area contributed by atoms with Crippen molar-refractivity contribution in [2.24, 2.45) is 0 Å². The number of hydrogen-bond acceptors (Lipinski definition) is 3. The molecular weight excluding hydrogens is 210 g/mol. The molecule has 1 aromatic heterocycles. The van der Waals surface area contributed by atoms with Crippen molar-refractivity contribution in [1.29, 1.82) is 0 Å².